The van der Waals surface area contributed by atoms with Crippen molar-refractivity contribution in [3.8, 4) is 17.2 Å². The van der Waals surface area contributed by atoms with Gasteiger partial charge >= 0.3 is 15.5 Å². The van der Waals surface area contributed by atoms with Gasteiger partial charge in [0.1, 0.15) is 23.9 Å². The van der Waals surface area contributed by atoms with Crippen LogP contribution in [0.15, 0.2) is 77.3 Å². The van der Waals surface area contributed by atoms with Gasteiger partial charge in [0.05, 0.1) is 18.9 Å². The molecule has 6 nitrogen and oxygen atoms in total. The minimum atomic E-state index is -5.50. The third-order valence-corrected chi connectivity index (χ3v) is 5.75. The third kappa shape index (κ3) is 7.37. The second-order valence-corrected chi connectivity index (χ2v) is 9.24. The molecule has 0 bridgehead atoms. The molecule has 3 aromatic carbocycles. The van der Waals surface area contributed by atoms with E-state index >= 15 is 0 Å². The van der Waals surface area contributed by atoms with E-state index in [9.17, 15) is 21.6 Å². The van der Waals surface area contributed by atoms with E-state index in [1.54, 1.807) is 0 Å². The fraction of sp³-hybridized carbons (Fsp3) is 0.182. The number of hydrogen-bond acceptors (Lipinski definition) is 5. The Hall–Kier alpha value is -2.76. The highest BCUT2D eigenvalue weighted by molar-refractivity contribution is 9.10. The van der Waals surface area contributed by atoms with Crippen molar-refractivity contribution in [3.63, 3.8) is 0 Å². The lowest BCUT2D eigenvalue weighted by Gasteiger charge is -2.13. The average Bonchev–Trinajstić information content (AvgIpc) is 2.75. The van der Waals surface area contributed by atoms with Crippen LogP contribution in [0.1, 0.15) is 5.56 Å². The second-order valence-electron chi connectivity index (χ2n) is 6.65. The van der Waals surface area contributed by atoms with E-state index in [0.717, 1.165) is 16.1 Å². The number of sulfonamides is 1. The van der Waals surface area contributed by atoms with Crippen molar-refractivity contribution in [1.29, 1.82) is 0 Å². The summed E-state index contributed by atoms with van der Waals surface area (Å²) in [6.07, 6.45) is 0. The van der Waals surface area contributed by atoms with Gasteiger partial charge < -0.3 is 14.2 Å². The van der Waals surface area contributed by atoms with Gasteiger partial charge in [0.25, 0.3) is 0 Å². The molecule has 3 rings (SSSR count). The smallest absolute Gasteiger partial charge is 0.491 e. The Morgan fingerprint density at radius 3 is 2.33 bits per heavy atom. The van der Waals surface area contributed by atoms with E-state index in [0.29, 0.717) is 11.5 Å². The molecule has 0 unspecified atom stereocenters. The summed E-state index contributed by atoms with van der Waals surface area (Å²) in [5, 5.41) is 0. The fourth-order valence-electron chi connectivity index (χ4n) is 2.62. The van der Waals surface area contributed by atoms with Gasteiger partial charge in [-0.25, -0.2) is 0 Å². The molecule has 0 saturated carbocycles. The highest BCUT2D eigenvalue weighted by atomic mass is 79.9. The average molecular weight is 546 g/mol. The molecule has 176 valence electrons. The summed E-state index contributed by atoms with van der Waals surface area (Å²) in [5.74, 6) is 1.50. The van der Waals surface area contributed by atoms with Crippen LogP contribution in [0, 0.1) is 0 Å². The monoisotopic (exact) mass is 545 g/mol. The summed E-state index contributed by atoms with van der Waals surface area (Å²) in [6.45, 7) is 0.518. The first-order chi connectivity index (χ1) is 15.6. The van der Waals surface area contributed by atoms with Crippen molar-refractivity contribution in [3.05, 3.63) is 82.8 Å². The van der Waals surface area contributed by atoms with Crippen LogP contribution < -0.4 is 14.2 Å². The zero-order valence-electron chi connectivity index (χ0n) is 17.0. The predicted octanol–water partition coefficient (Wildman–Crippen LogP) is 6.10. The van der Waals surface area contributed by atoms with Crippen molar-refractivity contribution >= 4 is 31.6 Å². The van der Waals surface area contributed by atoms with Gasteiger partial charge in [0, 0.05) is 16.1 Å². The van der Waals surface area contributed by atoms with Crippen LogP contribution in [-0.2, 0) is 21.4 Å². The summed E-state index contributed by atoms with van der Waals surface area (Å²) >= 11 is 3.42. The van der Waals surface area contributed by atoms with E-state index in [1.165, 1.54) is 22.9 Å². The molecule has 0 atom stereocenters. The number of ether oxygens (including phenoxy) is 3. The maximum Gasteiger partial charge on any atom is 0.516 e. The normalized spacial score (nSPS) is 11.8. The molecule has 0 heterocycles. The topological polar surface area (TPSA) is 73.9 Å². The largest absolute Gasteiger partial charge is 0.516 e. The van der Waals surface area contributed by atoms with E-state index < -0.39 is 15.5 Å². The number of halogens is 4. The lowest BCUT2D eigenvalue weighted by atomic mass is 10.2. The quantitative estimate of drug-likeness (QED) is 0.311. The minimum Gasteiger partial charge on any atom is -0.491 e. The van der Waals surface area contributed by atoms with Crippen molar-refractivity contribution in [1.82, 2.24) is 0 Å². The summed E-state index contributed by atoms with van der Waals surface area (Å²) < 4.78 is 79.3. The molecule has 0 aliphatic rings. The zero-order chi connectivity index (χ0) is 23.9. The number of benzene rings is 3. The summed E-state index contributed by atoms with van der Waals surface area (Å²) in [6, 6.07) is 20.1. The third-order valence-electron chi connectivity index (χ3n) is 4.15. The van der Waals surface area contributed by atoms with E-state index in [4.69, 9.17) is 14.2 Å². The van der Waals surface area contributed by atoms with Gasteiger partial charge in [-0.1, -0.05) is 46.3 Å². The molecule has 1 N–H and O–H groups in total. The van der Waals surface area contributed by atoms with Crippen LogP contribution in [0.3, 0.4) is 0 Å². The Morgan fingerprint density at radius 1 is 0.879 bits per heavy atom. The number of nitrogens with one attached hydrogen (secondary N) is 1. The van der Waals surface area contributed by atoms with Crippen LogP contribution in [0.5, 0.6) is 17.2 Å². The van der Waals surface area contributed by atoms with Crippen molar-refractivity contribution in [2.75, 3.05) is 17.9 Å². The highest BCUT2D eigenvalue weighted by Gasteiger charge is 2.46. The molecule has 0 saturated heterocycles. The first-order valence-electron chi connectivity index (χ1n) is 9.55. The molecule has 0 spiro atoms. The lowest BCUT2D eigenvalue weighted by Crippen LogP contribution is -2.29. The molecule has 0 aliphatic carbocycles. The number of anilines is 1. The van der Waals surface area contributed by atoms with Crippen LogP contribution in [0.4, 0.5) is 18.9 Å². The molecule has 11 heteroatoms. The molecule has 0 amide bonds. The molecule has 0 fully saturated rings. The van der Waals surface area contributed by atoms with Gasteiger partial charge in [-0.05, 0) is 36.4 Å². The van der Waals surface area contributed by atoms with E-state index in [2.05, 4.69) is 15.9 Å². The summed E-state index contributed by atoms with van der Waals surface area (Å²) in [7, 11) is -5.50. The van der Waals surface area contributed by atoms with Gasteiger partial charge in [-0.15, -0.1) is 0 Å². The van der Waals surface area contributed by atoms with E-state index in [-0.39, 0.29) is 31.3 Å². The number of para-hydroxylation sites is 1. The predicted molar refractivity (Wildman–Crippen MR) is 121 cm³/mol. The number of hydrogen-bond donors (Lipinski definition) is 1. The van der Waals surface area contributed by atoms with Crippen LogP contribution >= 0.6 is 15.9 Å². The highest BCUT2D eigenvalue weighted by Crippen LogP contribution is 2.29. The van der Waals surface area contributed by atoms with Gasteiger partial charge in [-0.3, -0.25) is 4.72 Å². The van der Waals surface area contributed by atoms with Crippen molar-refractivity contribution in [2.45, 2.75) is 12.1 Å². The lowest BCUT2D eigenvalue weighted by molar-refractivity contribution is -0.0429. The van der Waals surface area contributed by atoms with Gasteiger partial charge in [-0.2, -0.15) is 21.6 Å². The maximum atomic E-state index is 12.5. The number of rotatable bonds is 10. The Labute approximate surface area is 197 Å². The molecular weight excluding hydrogens is 527 g/mol. The molecule has 0 aliphatic heterocycles. The summed E-state index contributed by atoms with van der Waals surface area (Å²) in [4.78, 5) is 0. The number of alkyl halides is 3. The molecule has 0 radical (unpaired) electrons. The molecule has 33 heavy (non-hydrogen) atoms. The van der Waals surface area contributed by atoms with Gasteiger partial charge in [0.15, 0.2) is 0 Å². The van der Waals surface area contributed by atoms with Crippen LogP contribution in [0.2, 0.25) is 0 Å². The Balaban J connectivity index is 1.51. The fourth-order valence-corrected chi connectivity index (χ4v) is 3.51. The van der Waals surface area contributed by atoms with Crippen LogP contribution in [-0.4, -0.2) is 27.1 Å². The van der Waals surface area contributed by atoms with Crippen molar-refractivity contribution in [2.24, 2.45) is 0 Å². The Bertz CT molecular complexity index is 1170. The standard InChI is InChI=1S/C22H19BrF3NO5S/c23-17-10-9-16(21(13-17)32-19-6-2-1-3-7-19)15-30-11-12-31-20-8-4-5-18(14-20)27-33(28,29)22(24,25)26/h1-10,13-14,27H,11-12,15H2. The Kier molecular flexibility index (Phi) is 8.22. The Morgan fingerprint density at radius 2 is 1.61 bits per heavy atom. The van der Waals surface area contributed by atoms with E-state index in [1.807, 2.05) is 48.5 Å². The zero-order valence-corrected chi connectivity index (χ0v) is 19.4. The second kappa shape index (κ2) is 10.9. The van der Waals surface area contributed by atoms with Crippen LogP contribution in [0.25, 0.3) is 0 Å². The first kappa shape index (κ1) is 24.9. The SMILES string of the molecule is O=S(=O)(Nc1cccc(OCCOCc2ccc(Br)cc2Oc2ccccc2)c1)C(F)(F)F. The van der Waals surface area contributed by atoms with Gasteiger partial charge in [0.2, 0.25) is 0 Å². The first-order valence-corrected chi connectivity index (χ1v) is 11.8. The van der Waals surface area contributed by atoms with Crippen molar-refractivity contribution < 1.29 is 35.8 Å². The molecular formula is C22H19BrF3NO5S. The molecule has 3 aromatic rings. The summed E-state index contributed by atoms with van der Waals surface area (Å²) in [5.41, 5.74) is -4.86. The minimum absolute atomic E-state index is 0.0981. The maximum absolute atomic E-state index is 12.5. The molecule has 0 aromatic heterocycles.